The molecule has 0 unspecified atom stereocenters. The molecule has 6 fully saturated rings. The van der Waals surface area contributed by atoms with E-state index in [4.69, 9.17) is 32.2 Å². The van der Waals surface area contributed by atoms with Gasteiger partial charge in [0.25, 0.3) is 17.8 Å². The van der Waals surface area contributed by atoms with Gasteiger partial charge in [-0.1, -0.05) is 53.6 Å². The number of nitro benzene ring substituents is 2. The van der Waals surface area contributed by atoms with E-state index in [-0.39, 0.29) is 74.2 Å². The fourth-order valence-corrected chi connectivity index (χ4v) is 14.5. The van der Waals surface area contributed by atoms with Crippen LogP contribution >= 0.6 is 11.6 Å². The first-order valence-electron chi connectivity index (χ1n) is 30.1. The van der Waals surface area contributed by atoms with E-state index < -0.39 is 41.3 Å². The summed E-state index contributed by atoms with van der Waals surface area (Å²) in [5, 5.41) is 22.8. The molecule has 4 aromatic rings. The van der Waals surface area contributed by atoms with Gasteiger partial charge in [0.1, 0.15) is 10.6 Å². The van der Waals surface area contributed by atoms with E-state index in [9.17, 15) is 56.2 Å². The molecular formula is C64H75ClN6O16S2. The molecule has 4 aromatic carbocycles. The number of rotatable bonds is 20. The number of carbonyl (C=O) groups is 4. The van der Waals surface area contributed by atoms with Gasteiger partial charge in [-0.25, -0.2) is 26.3 Å². The second kappa shape index (κ2) is 31.9. The predicted octanol–water partition coefficient (Wildman–Crippen LogP) is 8.07. The maximum Gasteiger partial charge on any atom is 0.305 e. The topological polar surface area (TPSA) is 290 Å². The number of morpholine rings is 2. The van der Waals surface area contributed by atoms with E-state index in [0.717, 1.165) is 60.9 Å². The van der Waals surface area contributed by atoms with Crippen molar-refractivity contribution in [2.75, 3.05) is 53.2 Å². The number of sulfonamides is 2. The number of nitrogens with one attached hydrogen (secondary N) is 2. The van der Waals surface area contributed by atoms with Crippen LogP contribution < -0.4 is 9.44 Å². The van der Waals surface area contributed by atoms with Crippen LogP contribution in [-0.4, -0.2) is 138 Å². The molecule has 2 atom stereocenters. The van der Waals surface area contributed by atoms with Crippen LogP contribution in [0.3, 0.4) is 0 Å². The third-order valence-corrected chi connectivity index (χ3v) is 20.3. The van der Waals surface area contributed by atoms with Crippen LogP contribution in [0.4, 0.5) is 11.4 Å². The average molecular weight is 1280 g/mol. The lowest BCUT2D eigenvalue weighted by Crippen LogP contribution is -2.52. The summed E-state index contributed by atoms with van der Waals surface area (Å²) in [6.07, 6.45) is 16.8. The highest BCUT2D eigenvalue weighted by molar-refractivity contribution is 7.89. The molecule has 2 heterocycles. The van der Waals surface area contributed by atoms with Crippen LogP contribution in [0.15, 0.2) is 94.7 Å². The minimum absolute atomic E-state index is 0.100. The number of esters is 1. The predicted molar refractivity (Wildman–Crippen MR) is 329 cm³/mol. The molecule has 4 saturated carbocycles. The van der Waals surface area contributed by atoms with E-state index in [1.807, 2.05) is 46.2 Å². The quantitative estimate of drug-likeness (QED) is 0.0211. The molecule has 2 N–H and O–H groups in total. The molecule has 2 amide bonds. The molecule has 25 heteroatoms. The Balaban J connectivity index is 0.000000196. The maximum atomic E-state index is 13.3. The van der Waals surface area contributed by atoms with E-state index in [1.165, 1.54) is 31.4 Å². The SMILES string of the molecule is C#Cc1ccc(CCC(=O)OC)cc1.O=C(C1CCC(NS(=O)(=O)c2ccc(Cl)c([N+](=O)[O-])c2)CC1)N1CCOC[C@@H]1C1CC1.O=COCCCc1ccc(C#Cc2ccc(S(=O)(=O)NC3CCC(C(=O)N4CCOC[C@@H]4C4CC4)CC3)cc2[N+](=O)[O-])cc1. The zero-order valence-electron chi connectivity index (χ0n) is 49.6. The first kappa shape index (κ1) is 67.6. The third kappa shape index (κ3) is 19.4. The third-order valence-electron chi connectivity index (χ3n) is 17.0. The molecule has 0 aromatic heterocycles. The lowest BCUT2D eigenvalue weighted by atomic mass is 9.85. The van der Waals surface area contributed by atoms with Crippen molar-refractivity contribution in [1.82, 2.24) is 19.2 Å². The second-order valence-corrected chi connectivity index (χ2v) is 26.9. The van der Waals surface area contributed by atoms with E-state index in [0.29, 0.717) is 141 Å². The van der Waals surface area contributed by atoms with Gasteiger partial charge in [-0.3, -0.25) is 39.4 Å². The number of halogens is 1. The zero-order chi connectivity index (χ0) is 63.7. The number of aryl methyl sites for hydroxylation is 2. The molecule has 2 aliphatic heterocycles. The number of methoxy groups -OCH3 is 1. The fourth-order valence-electron chi connectivity index (χ4n) is 11.6. The molecule has 4 aliphatic carbocycles. The van der Waals surface area contributed by atoms with Gasteiger partial charge in [0.15, 0.2) is 0 Å². The Bertz CT molecular complexity index is 3500. The lowest BCUT2D eigenvalue weighted by molar-refractivity contribution is -0.385. The summed E-state index contributed by atoms with van der Waals surface area (Å²) in [5.74, 6) is 9.21. The van der Waals surface area contributed by atoms with Crippen molar-refractivity contribution < 1.29 is 64.8 Å². The molecule has 476 valence electrons. The first-order valence-corrected chi connectivity index (χ1v) is 33.4. The van der Waals surface area contributed by atoms with Crippen molar-refractivity contribution in [2.24, 2.45) is 23.7 Å². The highest BCUT2D eigenvalue weighted by atomic mass is 35.5. The summed E-state index contributed by atoms with van der Waals surface area (Å²) in [7, 11) is -6.56. The van der Waals surface area contributed by atoms with Crippen LogP contribution in [0.5, 0.6) is 0 Å². The molecule has 0 radical (unpaired) electrons. The molecular weight excluding hydrogens is 1210 g/mol. The van der Waals surface area contributed by atoms with Gasteiger partial charge in [0, 0.05) is 66.7 Å². The summed E-state index contributed by atoms with van der Waals surface area (Å²) >= 11 is 5.78. The summed E-state index contributed by atoms with van der Waals surface area (Å²) in [6.45, 7) is 4.32. The Morgan fingerprint density at radius 3 is 1.60 bits per heavy atom. The molecule has 89 heavy (non-hydrogen) atoms. The van der Waals surface area contributed by atoms with Crippen molar-refractivity contribution >= 4 is 67.3 Å². The average Bonchev–Trinajstić information content (AvgIpc) is 2.68. The van der Waals surface area contributed by atoms with Gasteiger partial charge in [-0.05, 0) is 168 Å². The number of benzene rings is 4. The van der Waals surface area contributed by atoms with Gasteiger partial charge in [-0.2, -0.15) is 0 Å². The number of ether oxygens (including phenoxy) is 4. The summed E-state index contributed by atoms with van der Waals surface area (Å²) < 4.78 is 77.6. The number of nitrogens with zero attached hydrogens (tertiary/aromatic N) is 4. The zero-order valence-corrected chi connectivity index (χ0v) is 52.0. The van der Waals surface area contributed by atoms with Gasteiger partial charge < -0.3 is 28.7 Å². The van der Waals surface area contributed by atoms with Crippen molar-refractivity contribution in [3.63, 3.8) is 0 Å². The Morgan fingerprint density at radius 2 is 1.13 bits per heavy atom. The van der Waals surface area contributed by atoms with Gasteiger partial charge >= 0.3 is 5.97 Å². The number of carbonyl (C=O) groups excluding carboxylic acids is 4. The lowest BCUT2D eigenvalue weighted by Gasteiger charge is -2.39. The monoisotopic (exact) mass is 1280 g/mol. The van der Waals surface area contributed by atoms with Crippen LogP contribution in [0.2, 0.25) is 5.02 Å². The number of hydrogen-bond acceptors (Lipinski definition) is 16. The highest BCUT2D eigenvalue weighted by Crippen LogP contribution is 2.40. The van der Waals surface area contributed by atoms with E-state index >= 15 is 0 Å². The molecule has 0 bridgehead atoms. The Hall–Kier alpha value is -7.29. The van der Waals surface area contributed by atoms with Crippen LogP contribution in [0.1, 0.15) is 118 Å². The van der Waals surface area contributed by atoms with Gasteiger partial charge in [-0.15, -0.1) is 6.42 Å². The van der Waals surface area contributed by atoms with Crippen molar-refractivity contribution in [3.8, 4) is 24.2 Å². The first-order chi connectivity index (χ1) is 42.8. The number of terminal acetylenes is 1. The van der Waals surface area contributed by atoms with Gasteiger partial charge in [0.05, 0.1) is 71.9 Å². The van der Waals surface area contributed by atoms with Crippen molar-refractivity contribution in [2.45, 2.75) is 137 Å². The molecule has 10 rings (SSSR count). The smallest absolute Gasteiger partial charge is 0.305 e. The summed E-state index contributed by atoms with van der Waals surface area (Å²) in [4.78, 5) is 72.6. The molecule has 22 nitrogen and oxygen atoms in total. The highest BCUT2D eigenvalue weighted by Gasteiger charge is 2.43. The van der Waals surface area contributed by atoms with Crippen LogP contribution in [-0.2, 0) is 71.0 Å². The summed E-state index contributed by atoms with van der Waals surface area (Å²) in [5.41, 5.74) is 2.90. The molecule has 0 spiro atoms. The number of amides is 2. The normalized spacial score (nSPS) is 21.8. The minimum atomic E-state index is -4.03. The Morgan fingerprint density at radius 1 is 0.663 bits per heavy atom. The Kier molecular flexibility index (Phi) is 24.3. The number of hydrogen-bond donors (Lipinski definition) is 2. The van der Waals surface area contributed by atoms with Gasteiger partial charge in [0.2, 0.25) is 31.9 Å². The fraction of sp³-hybridized carbons (Fsp3) is 0.500. The minimum Gasteiger partial charge on any atom is -0.469 e. The maximum absolute atomic E-state index is 13.3. The van der Waals surface area contributed by atoms with Crippen molar-refractivity contribution in [1.29, 1.82) is 0 Å². The van der Waals surface area contributed by atoms with Crippen LogP contribution in [0, 0.1) is 68.1 Å². The Labute approximate surface area is 524 Å². The van der Waals surface area contributed by atoms with E-state index in [1.54, 1.807) is 12.1 Å². The second-order valence-electron chi connectivity index (χ2n) is 23.1. The van der Waals surface area contributed by atoms with Crippen LogP contribution in [0.25, 0.3) is 0 Å². The van der Waals surface area contributed by atoms with E-state index in [2.05, 4.69) is 31.9 Å². The molecule has 6 aliphatic rings. The number of nitro groups is 2. The van der Waals surface area contributed by atoms with Crippen molar-refractivity contribution in [3.05, 3.63) is 138 Å². The molecule has 2 saturated heterocycles. The summed E-state index contributed by atoms with van der Waals surface area (Å²) in [6, 6.07) is 21.8. The standard InChI is InChI=1S/C32H37N3O8S.C20H26ClN3O6S.C12H12O2/c36-22-43-18-1-2-23-3-5-24(6-4-23)7-8-25-13-16-29(20-30(25)35(38)39)44(40,41)33-28-14-11-27(12-15-28)32(37)34-17-19-42-21-31(34)26-9-10-26;21-17-8-7-16(11-18(17)24(26)27)31(28,29)22-15-5-3-14(4-6-15)20(25)23-9-10-30-12-19(23)13-1-2-13;1-3-10-4-6-11(7-5-10)8-9-12(13)14-2/h3-6,13,16,20,22,26-28,31,33H,1-2,9-12,14-15,17-19,21H2;7-8,11,13-15,19,22H,1-6,9-10,12H2;1,4-7H,8-9H2,2H3/t27?,28?,31-;14?,15?,19-;/m11./s1. The largest absolute Gasteiger partial charge is 0.469 e.